The van der Waals surface area contributed by atoms with Crippen LogP contribution in [0.1, 0.15) is 53.1 Å². The first-order valence-corrected chi connectivity index (χ1v) is 9.54. The summed E-state index contributed by atoms with van der Waals surface area (Å²) in [5.74, 6) is -0.0398. The van der Waals surface area contributed by atoms with E-state index in [2.05, 4.69) is 10.4 Å². The zero-order valence-electron chi connectivity index (χ0n) is 15.6. The van der Waals surface area contributed by atoms with Crippen LogP contribution in [0.4, 0.5) is 0 Å². The van der Waals surface area contributed by atoms with E-state index in [0.29, 0.717) is 17.5 Å². The van der Waals surface area contributed by atoms with E-state index in [9.17, 15) is 9.59 Å². The second-order valence-electron chi connectivity index (χ2n) is 7.71. The Labute approximate surface area is 170 Å². The number of carbonyl (C=O) groups excluding carboxylic acids is 2. The molecule has 2 fully saturated rings. The van der Waals surface area contributed by atoms with Crippen LogP contribution in [0.15, 0.2) is 36.4 Å². The molecule has 2 aliphatic rings. The summed E-state index contributed by atoms with van der Waals surface area (Å²) >= 11 is 0. The predicted molar refractivity (Wildman–Crippen MR) is 109 cm³/mol. The van der Waals surface area contributed by atoms with Gasteiger partial charge in [-0.15, -0.1) is 12.4 Å². The highest BCUT2D eigenvalue weighted by Crippen LogP contribution is 2.39. The maximum atomic E-state index is 12.9. The van der Waals surface area contributed by atoms with Crippen molar-refractivity contribution in [3.05, 3.63) is 47.8 Å². The average molecular weight is 404 g/mol. The molecule has 150 valence electrons. The van der Waals surface area contributed by atoms with Gasteiger partial charge >= 0.3 is 0 Å². The number of nitrogens with two attached hydrogens (primary N) is 2. The molecule has 1 heterocycles. The third-order valence-electron chi connectivity index (χ3n) is 5.87. The quantitative estimate of drug-likeness (QED) is 0.724. The van der Waals surface area contributed by atoms with Gasteiger partial charge in [-0.3, -0.25) is 9.59 Å². The minimum Gasteiger partial charge on any atom is -0.364 e. The minimum absolute atomic E-state index is 0. The van der Waals surface area contributed by atoms with Crippen molar-refractivity contribution in [2.45, 2.75) is 44.2 Å². The van der Waals surface area contributed by atoms with E-state index >= 15 is 0 Å². The van der Waals surface area contributed by atoms with Gasteiger partial charge in [-0.25, -0.2) is 4.68 Å². The van der Waals surface area contributed by atoms with Crippen molar-refractivity contribution < 1.29 is 9.59 Å². The van der Waals surface area contributed by atoms with Crippen LogP contribution in [0.25, 0.3) is 5.69 Å². The van der Waals surface area contributed by atoms with E-state index in [4.69, 9.17) is 11.5 Å². The van der Waals surface area contributed by atoms with E-state index in [-0.39, 0.29) is 41.8 Å². The molecule has 2 atom stereocenters. The Morgan fingerprint density at radius 1 is 1.11 bits per heavy atom. The summed E-state index contributed by atoms with van der Waals surface area (Å²) in [5, 5.41) is 7.52. The Hall–Kier alpha value is -2.38. The summed E-state index contributed by atoms with van der Waals surface area (Å²) in [6.45, 7) is 0. The smallest absolute Gasteiger partial charge is 0.272 e. The van der Waals surface area contributed by atoms with Gasteiger partial charge in [-0.1, -0.05) is 24.6 Å². The summed E-state index contributed by atoms with van der Waals surface area (Å²) in [6.07, 6.45) is 5.29. The number of hydrogen-bond donors (Lipinski definition) is 3. The van der Waals surface area contributed by atoms with Gasteiger partial charge in [0.05, 0.1) is 5.69 Å². The van der Waals surface area contributed by atoms with Gasteiger partial charge in [0.1, 0.15) is 5.69 Å². The first-order valence-electron chi connectivity index (χ1n) is 9.54. The van der Waals surface area contributed by atoms with Crippen LogP contribution >= 0.6 is 12.4 Å². The molecular formula is C20H26ClN5O2. The van der Waals surface area contributed by atoms with Crippen molar-refractivity contribution in [1.82, 2.24) is 15.1 Å². The van der Waals surface area contributed by atoms with Crippen LogP contribution in [-0.4, -0.2) is 33.7 Å². The Morgan fingerprint density at radius 3 is 2.36 bits per heavy atom. The average Bonchev–Trinajstić information content (AvgIpc) is 3.09. The summed E-state index contributed by atoms with van der Waals surface area (Å²) in [7, 11) is 0. The molecule has 1 aromatic carbocycles. The predicted octanol–water partition coefficient (Wildman–Crippen LogP) is 2.03. The molecule has 2 bridgehead atoms. The number of rotatable bonds is 4. The van der Waals surface area contributed by atoms with Gasteiger partial charge < -0.3 is 16.8 Å². The highest BCUT2D eigenvalue weighted by molar-refractivity contribution is 5.97. The van der Waals surface area contributed by atoms with Crippen molar-refractivity contribution in [1.29, 1.82) is 0 Å². The summed E-state index contributed by atoms with van der Waals surface area (Å²) < 4.78 is 1.43. The number of amides is 2. The van der Waals surface area contributed by atoms with Crippen molar-refractivity contribution in [2.75, 3.05) is 0 Å². The van der Waals surface area contributed by atoms with Crippen LogP contribution < -0.4 is 16.8 Å². The molecule has 2 saturated carbocycles. The Balaban J connectivity index is 0.00000225. The van der Waals surface area contributed by atoms with E-state index in [0.717, 1.165) is 25.7 Å². The maximum absolute atomic E-state index is 12.9. The molecular weight excluding hydrogens is 378 g/mol. The van der Waals surface area contributed by atoms with Gasteiger partial charge in [-0.05, 0) is 49.7 Å². The molecule has 4 rings (SSSR count). The third-order valence-corrected chi connectivity index (χ3v) is 5.87. The fourth-order valence-corrected chi connectivity index (χ4v) is 4.68. The summed E-state index contributed by atoms with van der Waals surface area (Å²) in [5.41, 5.74) is 12.8. The maximum Gasteiger partial charge on any atom is 0.272 e. The molecule has 2 amide bonds. The molecule has 5 N–H and O–H groups in total. The van der Waals surface area contributed by atoms with E-state index < -0.39 is 5.91 Å². The fourth-order valence-electron chi connectivity index (χ4n) is 4.68. The fraction of sp³-hybridized carbons (Fsp3) is 0.450. The Kier molecular flexibility index (Phi) is 6.05. The Morgan fingerprint density at radius 2 is 1.75 bits per heavy atom. The number of hydrogen-bond acceptors (Lipinski definition) is 4. The number of halogens is 1. The molecule has 0 spiro atoms. The second-order valence-corrected chi connectivity index (χ2v) is 7.71. The van der Waals surface area contributed by atoms with Gasteiger partial charge in [0.2, 0.25) is 0 Å². The van der Waals surface area contributed by atoms with Gasteiger partial charge in [0, 0.05) is 18.2 Å². The van der Waals surface area contributed by atoms with Gasteiger partial charge in [0.25, 0.3) is 11.8 Å². The van der Waals surface area contributed by atoms with Crippen molar-refractivity contribution in [3.8, 4) is 5.69 Å². The van der Waals surface area contributed by atoms with Gasteiger partial charge in [0.15, 0.2) is 5.69 Å². The topological polar surface area (TPSA) is 116 Å². The molecule has 1 aromatic heterocycles. The molecule has 2 aromatic rings. The second kappa shape index (κ2) is 8.32. The van der Waals surface area contributed by atoms with E-state index in [1.807, 2.05) is 30.3 Å². The van der Waals surface area contributed by atoms with Crippen LogP contribution in [0.5, 0.6) is 0 Å². The number of carbonyl (C=O) groups is 2. The molecule has 0 radical (unpaired) electrons. The lowest BCUT2D eigenvalue weighted by atomic mass is 9.67. The van der Waals surface area contributed by atoms with E-state index in [1.54, 1.807) is 0 Å². The number of nitrogens with one attached hydrogen (secondary N) is 1. The molecule has 8 heteroatoms. The normalized spacial score (nSPS) is 26.2. The van der Waals surface area contributed by atoms with Gasteiger partial charge in [-0.2, -0.15) is 5.10 Å². The largest absolute Gasteiger partial charge is 0.364 e. The van der Waals surface area contributed by atoms with E-state index in [1.165, 1.54) is 17.2 Å². The molecule has 2 unspecified atom stereocenters. The number of primary amides is 1. The van der Waals surface area contributed by atoms with Crippen LogP contribution in [0.3, 0.4) is 0 Å². The summed E-state index contributed by atoms with van der Waals surface area (Å²) in [4.78, 5) is 24.7. The first kappa shape index (κ1) is 20.4. The molecule has 28 heavy (non-hydrogen) atoms. The van der Waals surface area contributed by atoms with Crippen molar-refractivity contribution in [3.63, 3.8) is 0 Å². The van der Waals surface area contributed by atoms with Crippen molar-refractivity contribution in [2.24, 2.45) is 23.3 Å². The third kappa shape index (κ3) is 3.91. The van der Waals surface area contributed by atoms with Crippen molar-refractivity contribution >= 4 is 24.2 Å². The molecule has 0 saturated heterocycles. The Bertz CT molecular complexity index is 840. The highest BCUT2D eigenvalue weighted by atomic mass is 35.5. The SMILES string of the molecule is Cl.NC(=O)c1cc(C(=O)NC2C3CCCC2CC(N)C3)nn1-c1ccccc1. The van der Waals surface area contributed by atoms with Crippen LogP contribution in [0.2, 0.25) is 0 Å². The number of aromatic nitrogens is 2. The minimum atomic E-state index is -0.620. The lowest BCUT2D eigenvalue weighted by molar-refractivity contribution is 0.0751. The standard InChI is InChI=1S/C20H25N5O2.ClH/c21-14-9-12-5-4-6-13(10-14)18(12)23-20(27)16-11-17(19(22)26)25(24-16)15-7-2-1-3-8-15;/h1-3,7-8,11-14,18H,4-6,9-10,21H2,(H2,22,26)(H,23,27);1H. The molecule has 0 aliphatic heterocycles. The first-order chi connectivity index (χ1) is 13.0. The number of para-hydroxylation sites is 1. The summed E-state index contributed by atoms with van der Waals surface area (Å²) in [6, 6.07) is 11.0. The zero-order valence-corrected chi connectivity index (χ0v) is 16.4. The van der Waals surface area contributed by atoms with Crippen LogP contribution in [0, 0.1) is 11.8 Å². The molecule has 2 aliphatic carbocycles. The number of nitrogens with zero attached hydrogens (tertiary/aromatic N) is 2. The lowest BCUT2D eigenvalue weighted by Crippen LogP contribution is -2.53. The number of fused-ring (bicyclic) bond motifs is 2. The zero-order chi connectivity index (χ0) is 19.0. The highest BCUT2D eigenvalue weighted by Gasteiger charge is 2.40. The molecule has 7 nitrogen and oxygen atoms in total. The lowest BCUT2D eigenvalue weighted by Gasteiger charge is -2.45. The van der Waals surface area contributed by atoms with Crippen LogP contribution in [-0.2, 0) is 0 Å². The monoisotopic (exact) mass is 403 g/mol. The number of benzene rings is 1.